The molecule has 1 unspecified atom stereocenters. The largest absolute Gasteiger partial charge is 0.315 e. The summed E-state index contributed by atoms with van der Waals surface area (Å²) in [5.41, 5.74) is 0.653. The molecule has 0 saturated heterocycles. The molecule has 2 N–H and O–H groups in total. The van der Waals surface area contributed by atoms with Gasteiger partial charge in [0.15, 0.2) is 0 Å². The molecule has 1 amide bonds. The van der Waals surface area contributed by atoms with Crippen LogP contribution < -0.4 is 10.0 Å². The van der Waals surface area contributed by atoms with Crippen molar-refractivity contribution < 1.29 is 13.2 Å². The summed E-state index contributed by atoms with van der Waals surface area (Å²) in [5.74, 6) is 0.344. The van der Waals surface area contributed by atoms with E-state index in [2.05, 4.69) is 0 Å². The van der Waals surface area contributed by atoms with Crippen LogP contribution in [0, 0.1) is 5.92 Å². The number of benzene rings is 1. The van der Waals surface area contributed by atoms with Gasteiger partial charge in [-0.15, -0.1) is 0 Å². The number of carbonyl (C=O) groups excluding carboxylic acids is 1. The average molecular weight is 284 g/mol. The van der Waals surface area contributed by atoms with Crippen LogP contribution in [0.15, 0.2) is 29.2 Å². The third-order valence-corrected chi connectivity index (χ3v) is 4.08. The van der Waals surface area contributed by atoms with Gasteiger partial charge in [-0.2, -0.15) is 0 Å². The van der Waals surface area contributed by atoms with E-state index in [-0.39, 0.29) is 10.8 Å². The summed E-state index contributed by atoms with van der Waals surface area (Å²) >= 11 is 0. The molecule has 6 heteroatoms. The maximum atomic E-state index is 12.0. The smallest absolute Gasteiger partial charge is 0.238 e. The molecule has 19 heavy (non-hydrogen) atoms. The second-order valence-electron chi connectivity index (χ2n) is 4.71. The van der Waals surface area contributed by atoms with E-state index >= 15 is 0 Å². The summed E-state index contributed by atoms with van der Waals surface area (Å²) in [6.45, 7) is 4.06. The molecule has 1 aromatic rings. The number of amides is 1. The first-order chi connectivity index (χ1) is 8.75. The Balaban J connectivity index is 2.84. The zero-order chi connectivity index (χ0) is 14.6. The number of nitrogens with two attached hydrogens (primary N) is 1. The van der Waals surface area contributed by atoms with Gasteiger partial charge in [-0.3, -0.25) is 4.79 Å². The lowest BCUT2D eigenvalue weighted by atomic mass is 10.0. The van der Waals surface area contributed by atoms with E-state index in [9.17, 15) is 13.2 Å². The third kappa shape index (κ3) is 4.33. The van der Waals surface area contributed by atoms with Crippen LogP contribution in [-0.4, -0.2) is 21.4 Å². The number of sulfonamides is 1. The lowest BCUT2D eigenvalue weighted by Crippen LogP contribution is -2.27. The van der Waals surface area contributed by atoms with Crippen molar-refractivity contribution in [1.82, 2.24) is 0 Å². The summed E-state index contributed by atoms with van der Waals surface area (Å²) in [7, 11) is -2.01. The maximum Gasteiger partial charge on any atom is 0.238 e. The van der Waals surface area contributed by atoms with E-state index < -0.39 is 10.0 Å². The minimum atomic E-state index is -3.69. The first-order valence-corrected chi connectivity index (χ1v) is 7.69. The average Bonchev–Trinajstić information content (AvgIpc) is 2.36. The van der Waals surface area contributed by atoms with Gasteiger partial charge in [-0.25, -0.2) is 13.6 Å². The second kappa shape index (κ2) is 6.16. The van der Waals surface area contributed by atoms with Gasteiger partial charge < -0.3 is 4.90 Å². The molecule has 0 aliphatic rings. The molecule has 1 aromatic carbocycles. The Morgan fingerprint density at radius 1 is 1.32 bits per heavy atom. The monoisotopic (exact) mass is 284 g/mol. The van der Waals surface area contributed by atoms with Crippen molar-refractivity contribution in [2.75, 3.05) is 11.9 Å². The first-order valence-electron chi connectivity index (χ1n) is 6.15. The molecule has 0 aliphatic carbocycles. The predicted octanol–water partition coefficient (Wildman–Crippen LogP) is 1.73. The second-order valence-corrected chi connectivity index (χ2v) is 6.27. The van der Waals surface area contributed by atoms with Crippen LogP contribution in [0.4, 0.5) is 5.69 Å². The van der Waals surface area contributed by atoms with Crippen molar-refractivity contribution in [2.24, 2.45) is 11.1 Å². The fourth-order valence-corrected chi connectivity index (χ4v) is 2.10. The molecule has 1 atom stereocenters. The molecule has 0 spiro atoms. The van der Waals surface area contributed by atoms with Gasteiger partial charge >= 0.3 is 0 Å². The highest BCUT2D eigenvalue weighted by Crippen LogP contribution is 2.18. The SMILES string of the molecule is CCC(C)CC(=O)N(C)c1ccc(S(N)(=O)=O)cc1. The number of rotatable bonds is 5. The Morgan fingerprint density at radius 2 is 1.84 bits per heavy atom. The van der Waals surface area contributed by atoms with Gasteiger partial charge in [-0.1, -0.05) is 20.3 Å². The number of nitrogens with zero attached hydrogens (tertiary/aromatic N) is 1. The molecule has 106 valence electrons. The molecular formula is C13H20N2O3S. The van der Waals surface area contributed by atoms with Crippen LogP contribution in [0.3, 0.4) is 0 Å². The van der Waals surface area contributed by atoms with Gasteiger partial charge in [0.1, 0.15) is 0 Å². The van der Waals surface area contributed by atoms with Gasteiger partial charge in [0.2, 0.25) is 15.9 Å². The van der Waals surface area contributed by atoms with Gasteiger partial charge in [0.05, 0.1) is 4.90 Å². The molecular weight excluding hydrogens is 264 g/mol. The molecule has 5 nitrogen and oxygen atoms in total. The molecule has 0 heterocycles. The minimum absolute atomic E-state index is 0.0118. The quantitative estimate of drug-likeness (QED) is 0.894. The summed E-state index contributed by atoms with van der Waals surface area (Å²) in [5, 5.41) is 5.02. The molecule has 0 radical (unpaired) electrons. The maximum absolute atomic E-state index is 12.0. The number of hydrogen-bond acceptors (Lipinski definition) is 3. The van der Waals surface area contributed by atoms with Crippen LogP contribution >= 0.6 is 0 Å². The van der Waals surface area contributed by atoms with Gasteiger partial charge in [0.25, 0.3) is 0 Å². The van der Waals surface area contributed by atoms with Crippen molar-refractivity contribution >= 4 is 21.6 Å². The van der Waals surface area contributed by atoms with Crippen molar-refractivity contribution in [3.63, 3.8) is 0 Å². The summed E-state index contributed by atoms with van der Waals surface area (Å²) in [6, 6.07) is 5.96. The Labute approximate surface area is 114 Å². The fraction of sp³-hybridized carbons (Fsp3) is 0.462. The highest BCUT2D eigenvalue weighted by Gasteiger charge is 2.15. The number of anilines is 1. The van der Waals surface area contributed by atoms with Gasteiger partial charge in [0, 0.05) is 19.2 Å². The van der Waals surface area contributed by atoms with E-state index in [1.165, 1.54) is 17.0 Å². The molecule has 0 aliphatic heterocycles. The number of hydrogen-bond donors (Lipinski definition) is 1. The Bertz CT molecular complexity index is 538. The van der Waals surface area contributed by atoms with Crippen LogP contribution in [0.5, 0.6) is 0 Å². The zero-order valence-electron chi connectivity index (χ0n) is 11.5. The van der Waals surface area contributed by atoms with Crippen molar-refractivity contribution in [3.8, 4) is 0 Å². The first kappa shape index (κ1) is 15.7. The Kier molecular flexibility index (Phi) is 5.08. The zero-order valence-corrected chi connectivity index (χ0v) is 12.3. The minimum Gasteiger partial charge on any atom is -0.315 e. The normalized spacial score (nSPS) is 13.1. The van der Waals surface area contributed by atoms with Crippen molar-refractivity contribution in [1.29, 1.82) is 0 Å². The highest BCUT2D eigenvalue weighted by atomic mass is 32.2. The van der Waals surface area contributed by atoms with Gasteiger partial charge in [-0.05, 0) is 30.2 Å². The van der Waals surface area contributed by atoms with E-state index in [0.717, 1.165) is 6.42 Å². The predicted molar refractivity (Wildman–Crippen MR) is 75.3 cm³/mol. The highest BCUT2D eigenvalue weighted by molar-refractivity contribution is 7.89. The van der Waals surface area contributed by atoms with Crippen LogP contribution in [0.2, 0.25) is 0 Å². The molecule has 0 aromatic heterocycles. The van der Waals surface area contributed by atoms with E-state index in [0.29, 0.717) is 18.0 Å². The molecule has 0 fully saturated rings. The molecule has 0 bridgehead atoms. The summed E-state index contributed by atoms with van der Waals surface area (Å²) in [4.78, 5) is 13.5. The van der Waals surface area contributed by atoms with Crippen molar-refractivity contribution in [2.45, 2.75) is 31.6 Å². The molecule has 0 saturated carbocycles. The standard InChI is InChI=1S/C13H20N2O3S/c1-4-10(2)9-13(16)15(3)11-5-7-12(8-6-11)19(14,17)18/h5-8,10H,4,9H2,1-3H3,(H2,14,17,18). The van der Waals surface area contributed by atoms with Crippen LogP contribution in [-0.2, 0) is 14.8 Å². The number of primary sulfonamides is 1. The Morgan fingerprint density at radius 3 is 2.26 bits per heavy atom. The van der Waals surface area contributed by atoms with Crippen LogP contribution in [0.25, 0.3) is 0 Å². The lowest BCUT2D eigenvalue weighted by Gasteiger charge is -2.19. The molecule has 1 rings (SSSR count). The van der Waals surface area contributed by atoms with E-state index in [1.807, 2.05) is 13.8 Å². The third-order valence-electron chi connectivity index (χ3n) is 3.15. The summed E-state index contributed by atoms with van der Waals surface area (Å²) in [6.07, 6.45) is 1.42. The van der Waals surface area contributed by atoms with E-state index in [1.54, 1.807) is 19.2 Å². The lowest BCUT2D eigenvalue weighted by molar-refractivity contribution is -0.119. The van der Waals surface area contributed by atoms with Crippen molar-refractivity contribution in [3.05, 3.63) is 24.3 Å². The fourth-order valence-electron chi connectivity index (χ4n) is 1.58. The number of carbonyl (C=O) groups is 1. The Hall–Kier alpha value is -1.40. The topological polar surface area (TPSA) is 80.5 Å². The van der Waals surface area contributed by atoms with Crippen LogP contribution in [0.1, 0.15) is 26.7 Å². The summed E-state index contributed by atoms with van der Waals surface area (Å²) < 4.78 is 22.3. The van der Waals surface area contributed by atoms with E-state index in [4.69, 9.17) is 5.14 Å².